The van der Waals surface area contributed by atoms with Gasteiger partial charge in [0.2, 0.25) is 0 Å². The van der Waals surface area contributed by atoms with Crippen LogP contribution in [0.4, 0.5) is 0 Å². The zero-order valence-electron chi connectivity index (χ0n) is 25.0. The summed E-state index contributed by atoms with van der Waals surface area (Å²) < 4.78 is 12.2. The molecule has 0 saturated heterocycles. The summed E-state index contributed by atoms with van der Waals surface area (Å²) in [4.78, 5) is 0. The molecular weight excluding hydrogens is 456 g/mol. The van der Waals surface area contributed by atoms with Crippen LogP contribution in [0.5, 0.6) is 0 Å². The van der Waals surface area contributed by atoms with Crippen LogP contribution in [0.1, 0.15) is 95.9 Å². The third-order valence-corrected chi connectivity index (χ3v) is 24.7. The highest BCUT2D eigenvalue weighted by Gasteiger charge is 2.42. The van der Waals surface area contributed by atoms with Crippen LogP contribution in [-0.2, 0) is 9.47 Å². The predicted molar refractivity (Wildman–Crippen MR) is 155 cm³/mol. The second kappa shape index (κ2) is 16.2. The average Bonchev–Trinajstić information content (AvgIpc) is 2.72. The topological polar surface area (TPSA) is 58.9 Å². The van der Waals surface area contributed by atoms with Gasteiger partial charge in [-0.05, 0) is 12.8 Å². The van der Waals surface area contributed by atoms with E-state index in [9.17, 15) is 10.2 Å². The number of ether oxygens (including phenoxy) is 2. The summed E-state index contributed by atoms with van der Waals surface area (Å²) in [6.45, 7) is 29.8. The molecular formula is C28H62O4Si2. The highest BCUT2D eigenvalue weighted by molar-refractivity contribution is 6.84. The summed E-state index contributed by atoms with van der Waals surface area (Å²) in [5.41, 5.74) is 4.46. The molecule has 0 aromatic heterocycles. The molecule has 0 aliphatic rings. The molecule has 6 heteroatoms. The van der Waals surface area contributed by atoms with E-state index < -0.39 is 28.4 Å². The number of rotatable bonds is 19. The van der Waals surface area contributed by atoms with Crippen molar-refractivity contribution in [3.63, 3.8) is 0 Å². The molecule has 0 unspecified atom stereocenters. The monoisotopic (exact) mass is 518 g/mol. The number of hydrogen-bond donors (Lipinski definition) is 2. The van der Waals surface area contributed by atoms with E-state index in [2.05, 4.69) is 83.1 Å². The van der Waals surface area contributed by atoms with Gasteiger partial charge in [-0.25, -0.2) is 0 Å². The summed E-state index contributed by atoms with van der Waals surface area (Å²) in [7, 11) is -2.87. The van der Waals surface area contributed by atoms with Crippen molar-refractivity contribution in [3.8, 4) is 0 Å². The molecule has 0 aliphatic heterocycles. The van der Waals surface area contributed by atoms with Gasteiger partial charge in [0.25, 0.3) is 0 Å². The van der Waals surface area contributed by atoms with E-state index in [0.29, 0.717) is 13.2 Å². The van der Waals surface area contributed by atoms with Crippen LogP contribution in [0, 0.1) is 0 Å². The van der Waals surface area contributed by atoms with Crippen molar-refractivity contribution in [2.24, 2.45) is 0 Å². The zero-order valence-corrected chi connectivity index (χ0v) is 27.0. The lowest BCUT2D eigenvalue weighted by molar-refractivity contribution is -0.109. The summed E-state index contributed by atoms with van der Waals surface area (Å²) in [6.07, 6.45) is 1.11. The highest BCUT2D eigenvalue weighted by Crippen LogP contribution is 2.46. The van der Waals surface area contributed by atoms with Crippen LogP contribution < -0.4 is 0 Å². The van der Waals surface area contributed by atoms with Gasteiger partial charge in [-0.1, -0.05) is 128 Å². The van der Waals surface area contributed by atoms with E-state index in [0.717, 1.165) is 46.1 Å². The zero-order chi connectivity index (χ0) is 26.7. The van der Waals surface area contributed by atoms with E-state index in [4.69, 9.17) is 9.47 Å². The van der Waals surface area contributed by atoms with Gasteiger partial charge >= 0.3 is 0 Å². The van der Waals surface area contributed by atoms with Gasteiger partial charge in [0.15, 0.2) is 0 Å². The Balaban J connectivity index is 4.88. The Bertz CT molecular complexity index is 431. The summed E-state index contributed by atoms with van der Waals surface area (Å²) >= 11 is 0. The molecule has 0 rings (SSSR count). The number of aliphatic hydroxyl groups is 2. The fraction of sp³-hybridized carbons (Fsp3) is 1.00. The molecule has 2 N–H and O–H groups in total. The van der Waals surface area contributed by atoms with Crippen molar-refractivity contribution in [1.29, 1.82) is 0 Å². The van der Waals surface area contributed by atoms with Crippen molar-refractivity contribution in [1.82, 2.24) is 0 Å². The van der Waals surface area contributed by atoms with E-state index in [-0.39, 0.29) is 13.2 Å². The van der Waals surface area contributed by atoms with E-state index >= 15 is 0 Å². The maximum atomic E-state index is 9.96. The van der Waals surface area contributed by atoms with Crippen molar-refractivity contribution in [2.45, 2.75) is 153 Å². The molecule has 0 saturated carbocycles. The number of hydrogen-bond acceptors (Lipinski definition) is 4. The van der Waals surface area contributed by atoms with Crippen LogP contribution in [0.25, 0.3) is 0 Å². The fourth-order valence-corrected chi connectivity index (χ4v) is 20.5. The smallest absolute Gasteiger partial charge is 0.109 e. The molecule has 34 heavy (non-hydrogen) atoms. The van der Waals surface area contributed by atoms with Gasteiger partial charge in [0.05, 0.1) is 29.4 Å². The molecule has 0 bridgehead atoms. The maximum absolute atomic E-state index is 9.96. The predicted octanol–water partition coefficient (Wildman–Crippen LogP) is 7.88. The molecule has 0 amide bonds. The van der Waals surface area contributed by atoms with Gasteiger partial charge in [-0.3, -0.25) is 0 Å². The molecule has 0 radical (unpaired) electrons. The van der Waals surface area contributed by atoms with Crippen LogP contribution in [0.2, 0.25) is 45.3 Å². The lowest BCUT2D eigenvalue weighted by Gasteiger charge is -2.43. The molecule has 4 nitrogen and oxygen atoms in total. The first-order valence-electron chi connectivity index (χ1n) is 14.2. The van der Waals surface area contributed by atoms with Crippen LogP contribution in [0.3, 0.4) is 0 Å². The average molecular weight is 519 g/mol. The second-order valence-electron chi connectivity index (χ2n) is 12.5. The minimum Gasteiger partial charge on any atom is -0.394 e. The Morgan fingerprint density at radius 2 is 0.706 bits per heavy atom. The van der Waals surface area contributed by atoms with E-state index in [1.165, 1.54) is 12.1 Å². The Morgan fingerprint density at radius 1 is 0.471 bits per heavy atom. The number of aliphatic hydroxyl groups excluding tert-OH is 2. The van der Waals surface area contributed by atoms with Gasteiger partial charge in [0.1, 0.15) is 12.2 Å². The third-order valence-electron chi connectivity index (χ3n) is 9.40. The van der Waals surface area contributed by atoms with E-state index in [1.54, 1.807) is 0 Å². The minimum absolute atomic E-state index is 0.116. The molecule has 0 aromatic carbocycles. The lowest BCUT2D eigenvalue weighted by Crippen LogP contribution is -2.45. The largest absolute Gasteiger partial charge is 0.394 e. The van der Waals surface area contributed by atoms with Crippen LogP contribution >= 0.6 is 0 Å². The molecule has 0 aliphatic carbocycles. The Morgan fingerprint density at radius 3 is 0.882 bits per heavy atom. The van der Waals surface area contributed by atoms with Crippen LogP contribution in [0.15, 0.2) is 0 Å². The van der Waals surface area contributed by atoms with Gasteiger partial charge in [-0.2, -0.15) is 0 Å². The molecule has 206 valence electrons. The maximum Gasteiger partial charge on any atom is 0.109 e. The van der Waals surface area contributed by atoms with Gasteiger partial charge in [-0.15, -0.1) is 0 Å². The Hall–Kier alpha value is 0.274. The quantitative estimate of drug-likeness (QED) is 0.135. The Kier molecular flexibility index (Phi) is 16.3. The highest BCUT2D eigenvalue weighted by atomic mass is 28.3. The molecule has 0 spiro atoms. The van der Waals surface area contributed by atoms with Gasteiger partial charge < -0.3 is 19.7 Å². The second-order valence-corrected chi connectivity index (χ2v) is 24.9. The first-order chi connectivity index (χ1) is 15.7. The summed E-state index contributed by atoms with van der Waals surface area (Å²) in [5.74, 6) is 0. The first kappa shape index (κ1) is 34.3. The van der Waals surface area contributed by atoms with Crippen molar-refractivity contribution < 1.29 is 19.7 Å². The normalized spacial score (nSPS) is 15.5. The minimum atomic E-state index is -1.44. The van der Waals surface area contributed by atoms with Crippen LogP contribution in [-0.4, -0.2) is 65.0 Å². The molecule has 0 heterocycles. The molecule has 0 fully saturated rings. The molecule has 2 atom stereocenters. The lowest BCUT2D eigenvalue weighted by atomic mass is 10.2. The summed E-state index contributed by atoms with van der Waals surface area (Å²) in [6, 6.07) is 2.49. The standard InChI is InChI=1S/C28H62O4Si2/c1-21(2)33(22(3)4,23(5)6)17-13-15-31-27(19-29)28(20-30)32-16-14-18-34(24(7)8,25(9)10)26(11)12/h21-30H,13-20H2,1-12H3/t27-,28+. The van der Waals surface area contributed by atoms with Crippen molar-refractivity contribution in [2.75, 3.05) is 26.4 Å². The van der Waals surface area contributed by atoms with Gasteiger partial charge in [0, 0.05) is 13.2 Å². The SMILES string of the molecule is CC(C)[Si](CCCO[C@@H](CO)[C@@H](CO)OCCC[Si](C(C)C)(C(C)C)C(C)C)(C(C)C)C(C)C. The Labute approximate surface area is 215 Å². The summed E-state index contributed by atoms with van der Waals surface area (Å²) in [5, 5.41) is 19.9. The molecule has 0 aromatic rings. The van der Waals surface area contributed by atoms with E-state index in [1.807, 2.05) is 0 Å². The third kappa shape index (κ3) is 8.69. The fourth-order valence-electron chi connectivity index (χ4n) is 7.51. The van der Waals surface area contributed by atoms with Crippen molar-refractivity contribution >= 4 is 16.1 Å². The van der Waals surface area contributed by atoms with Crippen molar-refractivity contribution in [3.05, 3.63) is 0 Å². The first-order valence-corrected chi connectivity index (χ1v) is 19.1.